The zero-order chi connectivity index (χ0) is 17.8. The maximum atomic E-state index is 12.1. The molecule has 0 fully saturated rings. The second-order valence-electron chi connectivity index (χ2n) is 5.74. The van der Waals surface area contributed by atoms with Gasteiger partial charge in [0.15, 0.2) is 0 Å². The second kappa shape index (κ2) is 7.68. The first-order chi connectivity index (χ1) is 12.0. The van der Waals surface area contributed by atoms with Crippen LogP contribution in [0.25, 0.3) is 16.2 Å². The normalized spacial score (nSPS) is 11.2. The van der Waals surface area contributed by atoms with Crippen LogP contribution in [-0.2, 0) is 11.3 Å². The predicted octanol–water partition coefficient (Wildman–Crippen LogP) is 4.35. The third kappa shape index (κ3) is 4.18. The number of nitrogens with zero attached hydrogens (tertiary/aromatic N) is 2. The highest BCUT2D eigenvalue weighted by Crippen LogP contribution is 2.35. The Morgan fingerprint density at radius 1 is 1.32 bits per heavy atom. The topological polar surface area (TPSA) is 45.2 Å². The molecule has 2 heterocycles. The third-order valence-corrected chi connectivity index (χ3v) is 5.34. The number of benzene rings is 1. The quantitative estimate of drug-likeness (QED) is 0.678. The van der Waals surface area contributed by atoms with Crippen molar-refractivity contribution in [1.82, 2.24) is 10.3 Å². The molecule has 0 radical (unpaired) electrons. The molecule has 1 aromatic carbocycles. The molecule has 3 aromatic rings. The van der Waals surface area contributed by atoms with Crippen LogP contribution in [0.1, 0.15) is 10.4 Å². The van der Waals surface area contributed by atoms with Crippen molar-refractivity contribution in [2.24, 2.45) is 0 Å². The van der Waals surface area contributed by atoms with Crippen LogP contribution in [0.2, 0.25) is 5.02 Å². The zero-order valence-electron chi connectivity index (χ0n) is 14.0. The molecule has 0 saturated heterocycles. The Bertz CT molecular complexity index is 933. The SMILES string of the molecule is CN(C)c1cc(CNC(=O)/C=C/c2sc3ccccc3c2Cl)ccn1. The van der Waals surface area contributed by atoms with E-state index >= 15 is 0 Å². The van der Waals surface area contributed by atoms with Crippen LogP contribution in [0, 0.1) is 0 Å². The van der Waals surface area contributed by atoms with Gasteiger partial charge in [-0.25, -0.2) is 4.98 Å². The largest absolute Gasteiger partial charge is 0.363 e. The van der Waals surface area contributed by atoms with Crippen LogP contribution >= 0.6 is 22.9 Å². The molecule has 2 aromatic heterocycles. The highest BCUT2D eigenvalue weighted by Gasteiger charge is 2.07. The Kier molecular flexibility index (Phi) is 5.36. The van der Waals surface area contributed by atoms with Crippen LogP contribution in [0.3, 0.4) is 0 Å². The number of thiophene rings is 1. The predicted molar refractivity (Wildman–Crippen MR) is 106 cm³/mol. The van der Waals surface area contributed by atoms with Crippen molar-refractivity contribution in [2.45, 2.75) is 6.54 Å². The molecular formula is C19H18ClN3OS. The number of carbonyl (C=O) groups is 1. The fourth-order valence-electron chi connectivity index (χ4n) is 2.35. The molecule has 25 heavy (non-hydrogen) atoms. The molecular weight excluding hydrogens is 354 g/mol. The molecule has 0 spiro atoms. The van der Waals surface area contributed by atoms with Crippen molar-refractivity contribution in [1.29, 1.82) is 0 Å². The Morgan fingerprint density at radius 3 is 2.88 bits per heavy atom. The number of halogens is 1. The van der Waals surface area contributed by atoms with Gasteiger partial charge in [0.25, 0.3) is 0 Å². The number of hydrogen-bond acceptors (Lipinski definition) is 4. The monoisotopic (exact) mass is 371 g/mol. The summed E-state index contributed by atoms with van der Waals surface area (Å²) in [5.74, 6) is 0.705. The van der Waals surface area contributed by atoms with Crippen LogP contribution in [0.15, 0.2) is 48.7 Å². The lowest BCUT2D eigenvalue weighted by molar-refractivity contribution is -0.116. The van der Waals surface area contributed by atoms with Crippen LogP contribution in [0.5, 0.6) is 0 Å². The summed E-state index contributed by atoms with van der Waals surface area (Å²) in [6, 6.07) is 11.8. The summed E-state index contributed by atoms with van der Waals surface area (Å²) in [4.78, 5) is 19.1. The van der Waals surface area contributed by atoms with E-state index in [-0.39, 0.29) is 5.91 Å². The summed E-state index contributed by atoms with van der Waals surface area (Å²) >= 11 is 7.95. The average molecular weight is 372 g/mol. The van der Waals surface area contributed by atoms with E-state index in [4.69, 9.17) is 11.6 Å². The number of hydrogen-bond donors (Lipinski definition) is 1. The lowest BCUT2D eigenvalue weighted by Gasteiger charge is -2.12. The van der Waals surface area contributed by atoms with Crippen molar-refractivity contribution in [2.75, 3.05) is 19.0 Å². The Morgan fingerprint density at radius 2 is 2.12 bits per heavy atom. The molecule has 0 atom stereocenters. The minimum atomic E-state index is -0.156. The van der Waals surface area contributed by atoms with Gasteiger partial charge < -0.3 is 10.2 Å². The van der Waals surface area contributed by atoms with E-state index in [2.05, 4.69) is 10.3 Å². The van der Waals surface area contributed by atoms with Gasteiger partial charge in [0, 0.05) is 47.9 Å². The molecule has 0 aliphatic heterocycles. The number of amides is 1. The van der Waals surface area contributed by atoms with Crippen molar-refractivity contribution < 1.29 is 4.79 Å². The lowest BCUT2D eigenvalue weighted by Crippen LogP contribution is -2.20. The van der Waals surface area contributed by atoms with E-state index < -0.39 is 0 Å². The fraction of sp³-hybridized carbons (Fsp3) is 0.158. The van der Waals surface area contributed by atoms with E-state index in [1.165, 1.54) is 6.08 Å². The highest BCUT2D eigenvalue weighted by atomic mass is 35.5. The van der Waals surface area contributed by atoms with Gasteiger partial charge in [-0.15, -0.1) is 11.3 Å². The minimum absolute atomic E-state index is 0.156. The van der Waals surface area contributed by atoms with E-state index in [1.54, 1.807) is 23.6 Å². The molecule has 0 saturated carbocycles. The van der Waals surface area contributed by atoms with Crippen LogP contribution in [0.4, 0.5) is 5.82 Å². The first-order valence-corrected chi connectivity index (χ1v) is 8.99. The first-order valence-electron chi connectivity index (χ1n) is 7.80. The summed E-state index contributed by atoms with van der Waals surface area (Å²) in [7, 11) is 3.87. The second-order valence-corrected chi connectivity index (χ2v) is 7.21. The Labute approximate surface area is 155 Å². The maximum absolute atomic E-state index is 12.1. The standard InChI is InChI=1S/C19H18ClN3OS/c1-23(2)17-11-13(9-10-21-17)12-22-18(24)8-7-16-19(20)14-5-3-4-6-15(14)25-16/h3-11H,12H2,1-2H3,(H,22,24)/b8-7+. The molecule has 6 heteroatoms. The van der Waals surface area contributed by atoms with Crippen molar-refractivity contribution in [3.05, 3.63) is 64.1 Å². The molecule has 1 amide bonds. The minimum Gasteiger partial charge on any atom is -0.363 e. The van der Waals surface area contributed by atoms with Crippen molar-refractivity contribution in [3.63, 3.8) is 0 Å². The number of carbonyl (C=O) groups excluding carboxylic acids is 1. The van der Waals surface area contributed by atoms with Gasteiger partial charge in [0.05, 0.1) is 5.02 Å². The van der Waals surface area contributed by atoms with Crippen LogP contribution in [-0.4, -0.2) is 25.0 Å². The van der Waals surface area contributed by atoms with Gasteiger partial charge in [-0.05, 0) is 29.8 Å². The Hall–Kier alpha value is -2.37. The summed E-state index contributed by atoms with van der Waals surface area (Å²) in [6.07, 6.45) is 5.02. The summed E-state index contributed by atoms with van der Waals surface area (Å²) in [5.41, 5.74) is 1.00. The summed E-state index contributed by atoms with van der Waals surface area (Å²) < 4.78 is 1.11. The fourth-order valence-corrected chi connectivity index (χ4v) is 3.75. The van der Waals surface area contributed by atoms with Gasteiger partial charge in [-0.2, -0.15) is 0 Å². The number of rotatable bonds is 5. The molecule has 1 N–H and O–H groups in total. The van der Waals surface area contributed by atoms with Crippen molar-refractivity contribution >= 4 is 50.8 Å². The van der Waals surface area contributed by atoms with Gasteiger partial charge >= 0.3 is 0 Å². The summed E-state index contributed by atoms with van der Waals surface area (Å²) in [5, 5.41) is 4.58. The summed E-state index contributed by atoms with van der Waals surface area (Å²) in [6.45, 7) is 0.451. The van der Waals surface area contributed by atoms with Crippen molar-refractivity contribution in [3.8, 4) is 0 Å². The van der Waals surface area contributed by atoms with Gasteiger partial charge in [0.1, 0.15) is 5.82 Å². The molecule has 0 aliphatic rings. The van der Waals surface area contributed by atoms with E-state index in [9.17, 15) is 4.79 Å². The van der Waals surface area contributed by atoms with E-state index in [0.717, 1.165) is 26.3 Å². The molecule has 0 unspecified atom stereocenters. The molecule has 4 nitrogen and oxygen atoms in total. The average Bonchev–Trinajstić information content (AvgIpc) is 2.95. The number of fused-ring (bicyclic) bond motifs is 1. The van der Waals surface area contributed by atoms with Crippen LogP contribution < -0.4 is 10.2 Å². The van der Waals surface area contributed by atoms with Gasteiger partial charge in [0.2, 0.25) is 5.91 Å². The zero-order valence-corrected chi connectivity index (χ0v) is 15.6. The van der Waals surface area contributed by atoms with Gasteiger partial charge in [-0.1, -0.05) is 29.8 Å². The molecule has 128 valence electrons. The van der Waals surface area contributed by atoms with E-state index in [1.807, 2.05) is 55.4 Å². The highest BCUT2D eigenvalue weighted by molar-refractivity contribution is 7.20. The smallest absolute Gasteiger partial charge is 0.244 e. The number of anilines is 1. The van der Waals surface area contributed by atoms with E-state index in [0.29, 0.717) is 11.6 Å². The third-order valence-electron chi connectivity index (χ3n) is 3.68. The number of nitrogens with one attached hydrogen (secondary N) is 1. The molecule has 0 aliphatic carbocycles. The molecule has 3 rings (SSSR count). The number of aromatic nitrogens is 1. The molecule has 0 bridgehead atoms. The lowest BCUT2D eigenvalue weighted by atomic mass is 10.2. The maximum Gasteiger partial charge on any atom is 0.244 e. The Balaban J connectivity index is 1.65. The number of pyridine rings is 1. The van der Waals surface area contributed by atoms with Gasteiger partial charge in [-0.3, -0.25) is 4.79 Å². The first kappa shape index (κ1) is 17.5.